The summed E-state index contributed by atoms with van der Waals surface area (Å²) < 4.78 is 3.16. The second-order valence-electron chi connectivity index (χ2n) is 5.01. The van der Waals surface area contributed by atoms with Gasteiger partial charge in [-0.2, -0.15) is 5.10 Å². The summed E-state index contributed by atoms with van der Waals surface area (Å²) in [7, 11) is 1.98. The molecule has 1 aromatic carbocycles. The number of aromatic nitrogens is 2. The highest BCUT2D eigenvalue weighted by molar-refractivity contribution is 9.10. The number of hydrogen-bond donors (Lipinski definition) is 1. The standard InChI is InChI=1S/C16H21BrClN3/c1-4-12-9-13(21(5-2)20-12)10-16(19-3)14-8-11(18)6-7-15(14)17/h6-9,16,19H,4-5,10H2,1-3H3. The number of nitrogens with zero attached hydrogens (tertiary/aromatic N) is 2. The van der Waals surface area contributed by atoms with Gasteiger partial charge in [0.2, 0.25) is 0 Å². The Morgan fingerprint density at radius 3 is 2.71 bits per heavy atom. The molecule has 0 aliphatic carbocycles. The quantitative estimate of drug-likeness (QED) is 0.817. The number of rotatable bonds is 6. The van der Waals surface area contributed by atoms with Gasteiger partial charge in [-0.3, -0.25) is 4.68 Å². The van der Waals surface area contributed by atoms with Gasteiger partial charge >= 0.3 is 0 Å². The van der Waals surface area contributed by atoms with E-state index in [1.54, 1.807) is 0 Å². The first-order valence-electron chi connectivity index (χ1n) is 7.26. The van der Waals surface area contributed by atoms with Gasteiger partial charge in [0.1, 0.15) is 0 Å². The maximum absolute atomic E-state index is 6.14. The van der Waals surface area contributed by atoms with Crippen LogP contribution in [0.4, 0.5) is 0 Å². The SMILES string of the molecule is CCc1cc(CC(NC)c2cc(Cl)ccc2Br)n(CC)n1. The molecule has 0 spiro atoms. The first-order chi connectivity index (χ1) is 10.1. The van der Waals surface area contributed by atoms with Crippen LogP contribution in [0.1, 0.15) is 36.8 Å². The van der Waals surface area contributed by atoms with Gasteiger partial charge in [-0.05, 0) is 50.2 Å². The van der Waals surface area contributed by atoms with Gasteiger partial charge in [0.25, 0.3) is 0 Å². The maximum atomic E-state index is 6.14. The topological polar surface area (TPSA) is 29.9 Å². The van der Waals surface area contributed by atoms with E-state index in [1.165, 1.54) is 11.3 Å². The molecule has 0 amide bonds. The molecule has 0 aliphatic rings. The molecule has 1 unspecified atom stereocenters. The number of nitrogens with one attached hydrogen (secondary N) is 1. The number of aryl methyl sites for hydroxylation is 2. The van der Waals surface area contributed by atoms with E-state index in [4.69, 9.17) is 11.6 Å². The summed E-state index contributed by atoms with van der Waals surface area (Å²) in [5.74, 6) is 0. The number of hydrogen-bond acceptors (Lipinski definition) is 2. The molecule has 1 heterocycles. The van der Waals surface area contributed by atoms with E-state index in [2.05, 4.69) is 50.9 Å². The average molecular weight is 371 g/mol. The Hall–Kier alpha value is -0.840. The Morgan fingerprint density at radius 1 is 1.33 bits per heavy atom. The summed E-state index contributed by atoms with van der Waals surface area (Å²) in [5, 5.41) is 8.76. The lowest BCUT2D eigenvalue weighted by Crippen LogP contribution is -2.21. The lowest BCUT2D eigenvalue weighted by molar-refractivity contribution is 0.539. The molecule has 114 valence electrons. The van der Waals surface area contributed by atoms with Gasteiger partial charge in [-0.25, -0.2) is 0 Å². The zero-order valence-electron chi connectivity index (χ0n) is 12.7. The fourth-order valence-corrected chi connectivity index (χ4v) is 3.19. The van der Waals surface area contributed by atoms with E-state index in [9.17, 15) is 0 Å². The van der Waals surface area contributed by atoms with Crippen molar-refractivity contribution in [3.8, 4) is 0 Å². The van der Waals surface area contributed by atoms with Crippen LogP contribution in [0.3, 0.4) is 0 Å². The lowest BCUT2D eigenvalue weighted by Gasteiger charge is -2.19. The fourth-order valence-electron chi connectivity index (χ4n) is 2.48. The van der Waals surface area contributed by atoms with Crippen LogP contribution >= 0.6 is 27.5 Å². The zero-order chi connectivity index (χ0) is 15.4. The Kier molecular flexibility index (Phi) is 5.85. The van der Waals surface area contributed by atoms with E-state index in [1.807, 2.05) is 25.2 Å². The monoisotopic (exact) mass is 369 g/mol. The van der Waals surface area contributed by atoms with E-state index < -0.39 is 0 Å². The molecule has 0 radical (unpaired) electrons. The highest BCUT2D eigenvalue weighted by Gasteiger charge is 2.17. The van der Waals surface area contributed by atoms with Gasteiger partial charge in [-0.1, -0.05) is 34.5 Å². The van der Waals surface area contributed by atoms with Crippen molar-refractivity contribution >= 4 is 27.5 Å². The van der Waals surface area contributed by atoms with Crippen molar-refractivity contribution < 1.29 is 0 Å². The molecule has 2 rings (SSSR count). The summed E-state index contributed by atoms with van der Waals surface area (Å²) in [4.78, 5) is 0. The second kappa shape index (κ2) is 7.43. The van der Waals surface area contributed by atoms with Crippen molar-refractivity contribution in [1.29, 1.82) is 0 Å². The third kappa shape index (κ3) is 3.87. The second-order valence-corrected chi connectivity index (χ2v) is 6.30. The van der Waals surface area contributed by atoms with E-state index in [-0.39, 0.29) is 6.04 Å². The molecule has 1 N–H and O–H groups in total. The summed E-state index contributed by atoms with van der Waals surface area (Å²) in [6, 6.07) is 8.31. The zero-order valence-corrected chi connectivity index (χ0v) is 15.0. The Labute approximate surface area is 139 Å². The largest absolute Gasteiger partial charge is 0.313 e. The smallest absolute Gasteiger partial charge is 0.0624 e. The normalized spacial score (nSPS) is 12.6. The van der Waals surface area contributed by atoms with Crippen molar-refractivity contribution in [2.45, 2.75) is 39.3 Å². The molecular weight excluding hydrogens is 350 g/mol. The minimum atomic E-state index is 0.199. The third-order valence-electron chi connectivity index (χ3n) is 3.67. The number of halogens is 2. The minimum Gasteiger partial charge on any atom is -0.313 e. The lowest BCUT2D eigenvalue weighted by atomic mass is 10.0. The molecule has 1 aromatic heterocycles. The van der Waals surface area contributed by atoms with Crippen molar-refractivity contribution in [1.82, 2.24) is 15.1 Å². The first-order valence-corrected chi connectivity index (χ1v) is 8.43. The van der Waals surface area contributed by atoms with Gasteiger partial charge < -0.3 is 5.32 Å². The van der Waals surface area contributed by atoms with Gasteiger partial charge in [-0.15, -0.1) is 0 Å². The maximum Gasteiger partial charge on any atom is 0.0624 e. The van der Waals surface area contributed by atoms with E-state index in [0.717, 1.165) is 34.6 Å². The molecule has 21 heavy (non-hydrogen) atoms. The highest BCUT2D eigenvalue weighted by Crippen LogP contribution is 2.29. The molecule has 0 saturated heterocycles. The molecule has 0 saturated carbocycles. The van der Waals surface area contributed by atoms with Crippen molar-refractivity contribution in [3.63, 3.8) is 0 Å². The van der Waals surface area contributed by atoms with Crippen molar-refractivity contribution in [2.24, 2.45) is 0 Å². The van der Waals surface area contributed by atoms with Gasteiger partial charge in [0.15, 0.2) is 0 Å². The van der Waals surface area contributed by atoms with Crippen LogP contribution in [-0.4, -0.2) is 16.8 Å². The Bertz CT molecular complexity index is 610. The molecule has 2 aromatic rings. The molecule has 1 atom stereocenters. The summed E-state index contributed by atoms with van der Waals surface area (Å²) in [6.45, 7) is 5.15. The van der Waals surface area contributed by atoms with Gasteiger partial charge in [0, 0.05) is 34.2 Å². The number of benzene rings is 1. The molecule has 0 fully saturated rings. The molecule has 3 nitrogen and oxygen atoms in total. The van der Waals surface area contributed by atoms with E-state index in [0.29, 0.717) is 0 Å². The molecule has 0 aliphatic heterocycles. The number of likely N-dealkylation sites (N-methyl/N-ethyl adjacent to an activating group) is 1. The third-order valence-corrected chi connectivity index (χ3v) is 4.63. The fraction of sp³-hybridized carbons (Fsp3) is 0.438. The van der Waals surface area contributed by atoms with Crippen molar-refractivity contribution in [2.75, 3.05) is 7.05 Å². The molecule has 5 heteroatoms. The van der Waals surface area contributed by atoms with Crippen LogP contribution < -0.4 is 5.32 Å². The predicted octanol–water partition coefficient (Wildman–Crippen LogP) is 4.38. The van der Waals surface area contributed by atoms with Crippen LogP contribution in [0.15, 0.2) is 28.7 Å². The first kappa shape index (κ1) is 16.5. The summed E-state index contributed by atoms with van der Waals surface area (Å²) in [5.41, 5.74) is 3.57. The van der Waals surface area contributed by atoms with Crippen LogP contribution in [0.2, 0.25) is 5.02 Å². The Morgan fingerprint density at radius 2 is 2.10 bits per heavy atom. The average Bonchev–Trinajstić information content (AvgIpc) is 2.89. The van der Waals surface area contributed by atoms with E-state index >= 15 is 0 Å². The minimum absolute atomic E-state index is 0.199. The van der Waals surface area contributed by atoms with Crippen LogP contribution in [0, 0.1) is 0 Å². The van der Waals surface area contributed by atoms with Gasteiger partial charge in [0.05, 0.1) is 5.69 Å². The molecular formula is C16H21BrClN3. The Balaban J connectivity index is 2.30. The molecule has 0 bridgehead atoms. The van der Waals surface area contributed by atoms with Crippen LogP contribution in [0.5, 0.6) is 0 Å². The predicted molar refractivity (Wildman–Crippen MR) is 91.9 cm³/mol. The summed E-state index contributed by atoms with van der Waals surface area (Å²) in [6.07, 6.45) is 1.85. The van der Waals surface area contributed by atoms with Crippen molar-refractivity contribution in [3.05, 3.63) is 50.7 Å². The summed E-state index contributed by atoms with van der Waals surface area (Å²) >= 11 is 9.76. The highest BCUT2D eigenvalue weighted by atomic mass is 79.9. The van der Waals surface area contributed by atoms with Crippen LogP contribution in [-0.2, 0) is 19.4 Å². The van der Waals surface area contributed by atoms with Crippen LogP contribution in [0.25, 0.3) is 0 Å².